The van der Waals surface area contributed by atoms with Crippen LogP contribution in [0.4, 0.5) is 5.13 Å². The molecule has 0 aliphatic carbocycles. The summed E-state index contributed by atoms with van der Waals surface area (Å²) in [4.78, 5) is 22.1. The van der Waals surface area contributed by atoms with Crippen molar-refractivity contribution < 1.29 is 19.0 Å². The van der Waals surface area contributed by atoms with Gasteiger partial charge >= 0.3 is 0 Å². The van der Waals surface area contributed by atoms with Crippen molar-refractivity contribution in [1.82, 2.24) is 9.88 Å². The highest BCUT2D eigenvalue weighted by Crippen LogP contribution is 2.33. The molecule has 0 spiro atoms. The lowest BCUT2D eigenvalue weighted by Gasteiger charge is -2.29. The minimum absolute atomic E-state index is 0.0766. The zero-order valence-electron chi connectivity index (χ0n) is 18.9. The maximum Gasteiger partial charge on any atom is 0.266 e. The maximum absolute atomic E-state index is 13.3. The fourth-order valence-electron chi connectivity index (χ4n) is 3.62. The smallest absolute Gasteiger partial charge is 0.266 e. The number of halogens is 1. The monoisotopic (exact) mass is 489 g/mol. The molecular weight excluding hydrogens is 462 g/mol. The molecular formula is C24H28ClN3O4S. The van der Waals surface area contributed by atoms with Crippen LogP contribution in [0.1, 0.15) is 12.5 Å². The number of thiazole rings is 1. The molecule has 0 N–H and O–H groups in total. The third-order valence-corrected chi connectivity index (χ3v) is 6.96. The summed E-state index contributed by atoms with van der Waals surface area (Å²) in [6.07, 6.45) is 0. The van der Waals surface area contributed by atoms with Gasteiger partial charge in [-0.15, -0.1) is 0 Å². The Morgan fingerprint density at radius 2 is 1.85 bits per heavy atom. The second kappa shape index (κ2) is 11.2. The number of aromatic nitrogens is 1. The number of hydrogen-bond acceptors (Lipinski definition) is 7. The fourth-order valence-corrected chi connectivity index (χ4v) is 4.84. The molecule has 7 nitrogen and oxygen atoms in total. The van der Waals surface area contributed by atoms with Crippen molar-refractivity contribution in [3.8, 4) is 11.5 Å². The molecule has 2 heterocycles. The van der Waals surface area contributed by atoms with Crippen LogP contribution in [0.2, 0.25) is 5.02 Å². The van der Waals surface area contributed by atoms with Crippen LogP contribution in [0.3, 0.4) is 0 Å². The first-order chi connectivity index (χ1) is 16.0. The van der Waals surface area contributed by atoms with E-state index in [9.17, 15) is 4.79 Å². The highest BCUT2D eigenvalue weighted by Gasteiger charge is 2.23. The van der Waals surface area contributed by atoms with Crippen molar-refractivity contribution in [3.05, 3.63) is 47.0 Å². The first-order valence-corrected chi connectivity index (χ1v) is 12.3. The molecule has 3 aromatic rings. The minimum Gasteiger partial charge on any atom is -0.494 e. The van der Waals surface area contributed by atoms with Gasteiger partial charge in [-0.3, -0.25) is 14.6 Å². The third-order valence-electron chi connectivity index (χ3n) is 5.51. The predicted octanol–water partition coefficient (Wildman–Crippen LogP) is 4.40. The Morgan fingerprint density at radius 1 is 1.15 bits per heavy atom. The normalized spacial score (nSPS) is 14.4. The molecule has 0 atom stereocenters. The molecule has 1 aliphatic heterocycles. The molecule has 0 bridgehead atoms. The van der Waals surface area contributed by atoms with E-state index in [4.69, 9.17) is 30.8 Å². The Labute approximate surface area is 202 Å². The fraction of sp³-hybridized carbons (Fsp3) is 0.417. The topological polar surface area (TPSA) is 64.1 Å². The summed E-state index contributed by atoms with van der Waals surface area (Å²) in [5, 5.41) is 1.33. The molecule has 0 saturated carbocycles. The van der Waals surface area contributed by atoms with Gasteiger partial charge in [0.25, 0.3) is 5.91 Å². The summed E-state index contributed by atoms with van der Waals surface area (Å²) in [7, 11) is 0. The molecule has 1 aromatic heterocycles. The van der Waals surface area contributed by atoms with Crippen molar-refractivity contribution in [1.29, 1.82) is 0 Å². The van der Waals surface area contributed by atoms with E-state index < -0.39 is 0 Å². The van der Waals surface area contributed by atoms with Crippen LogP contribution in [0.5, 0.6) is 11.5 Å². The first kappa shape index (κ1) is 23.8. The number of carbonyl (C=O) groups excluding carboxylic acids is 1. The molecule has 4 rings (SSSR count). The van der Waals surface area contributed by atoms with Gasteiger partial charge in [-0.2, -0.15) is 0 Å². The van der Waals surface area contributed by atoms with Crippen molar-refractivity contribution >= 4 is 44.2 Å². The molecule has 1 saturated heterocycles. The number of rotatable bonds is 9. The SMILES string of the molecule is CCOc1ccc(OCC(=O)N(CCN2CCOCC2)c2nc3c(C)c(Cl)ccc3s2)cc1. The van der Waals surface area contributed by atoms with Gasteiger partial charge in [0.05, 0.1) is 30.0 Å². The average molecular weight is 490 g/mol. The summed E-state index contributed by atoms with van der Waals surface area (Å²) in [6, 6.07) is 11.1. The van der Waals surface area contributed by atoms with Gasteiger partial charge in [-0.05, 0) is 55.8 Å². The Bertz CT molecular complexity index is 1080. The van der Waals surface area contributed by atoms with Gasteiger partial charge in [-0.25, -0.2) is 4.98 Å². The number of fused-ring (bicyclic) bond motifs is 1. The summed E-state index contributed by atoms with van der Waals surface area (Å²) >= 11 is 7.78. The summed E-state index contributed by atoms with van der Waals surface area (Å²) in [5.74, 6) is 1.25. The highest BCUT2D eigenvalue weighted by atomic mass is 35.5. The Morgan fingerprint density at radius 3 is 2.55 bits per heavy atom. The number of aryl methyl sites for hydroxylation is 1. The molecule has 0 unspecified atom stereocenters. The number of hydrogen-bond donors (Lipinski definition) is 0. The molecule has 176 valence electrons. The second-order valence-electron chi connectivity index (χ2n) is 7.71. The quantitative estimate of drug-likeness (QED) is 0.444. The number of carbonyl (C=O) groups is 1. The van der Waals surface area contributed by atoms with E-state index in [1.165, 1.54) is 11.3 Å². The van der Waals surface area contributed by atoms with Crippen LogP contribution in [-0.4, -0.2) is 68.4 Å². The van der Waals surface area contributed by atoms with E-state index in [2.05, 4.69) is 4.90 Å². The van der Waals surface area contributed by atoms with Gasteiger partial charge in [0.15, 0.2) is 11.7 Å². The average Bonchev–Trinajstić information content (AvgIpc) is 3.27. The van der Waals surface area contributed by atoms with Gasteiger partial charge in [0.1, 0.15) is 11.5 Å². The van der Waals surface area contributed by atoms with E-state index in [1.54, 1.807) is 17.0 Å². The molecule has 0 radical (unpaired) electrons. The molecule has 1 fully saturated rings. The highest BCUT2D eigenvalue weighted by molar-refractivity contribution is 7.22. The Balaban J connectivity index is 1.50. The van der Waals surface area contributed by atoms with Crippen molar-refractivity contribution in [3.63, 3.8) is 0 Å². The lowest BCUT2D eigenvalue weighted by molar-refractivity contribution is -0.120. The van der Waals surface area contributed by atoms with Crippen molar-refractivity contribution in [2.75, 3.05) is 57.5 Å². The van der Waals surface area contributed by atoms with E-state index in [0.29, 0.717) is 42.3 Å². The van der Waals surface area contributed by atoms with Crippen LogP contribution >= 0.6 is 22.9 Å². The number of ether oxygens (including phenoxy) is 3. The summed E-state index contributed by atoms with van der Waals surface area (Å²) in [5.41, 5.74) is 1.75. The van der Waals surface area contributed by atoms with E-state index in [1.807, 2.05) is 38.1 Å². The predicted molar refractivity (Wildman–Crippen MR) is 132 cm³/mol. The van der Waals surface area contributed by atoms with Crippen molar-refractivity contribution in [2.24, 2.45) is 0 Å². The van der Waals surface area contributed by atoms with Crippen LogP contribution < -0.4 is 14.4 Å². The van der Waals surface area contributed by atoms with Gasteiger partial charge < -0.3 is 14.2 Å². The van der Waals surface area contributed by atoms with Gasteiger partial charge in [-0.1, -0.05) is 22.9 Å². The van der Waals surface area contributed by atoms with E-state index >= 15 is 0 Å². The number of anilines is 1. The van der Waals surface area contributed by atoms with Crippen LogP contribution in [-0.2, 0) is 9.53 Å². The molecule has 2 aromatic carbocycles. The Hall–Kier alpha value is -2.39. The van der Waals surface area contributed by atoms with Gasteiger partial charge in [0, 0.05) is 31.2 Å². The van der Waals surface area contributed by atoms with E-state index in [0.717, 1.165) is 41.2 Å². The van der Waals surface area contributed by atoms with Crippen LogP contribution in [0.15, 0.2) is 36.4 Å². The lowest BCUT2D eigenvalue weighted by Crippen LogP contribution is -2.44. The van der Waals surface area contributed by atoms with Crippen molar-refractivity contribution in [2.45, 2.75) is 13.8 Å². The van der Waals surface area contributed by atoms with Gasteiger partial charge in [0.2, 0.25) is 0 Å². The Kier molecular flexibility index (Phi) is 8.03. The number of amides is 1. The summed E-state index contributed by atoms with van der Waals surface area (Å²) < 4.78 is 17.7. The number of benzene rings is 2. The maximum atomic E-state index is 13.3. The van der Waals surface area contributed by atoms with E-state index in [-0.39, 0.29) is 12.5 Å². The zero-order chi connectivity index (χ0) is 23.2. The van der Waals surface area contributed by atoms with Crippen LogP contribution in [0.25, 0.3) is 10.2 Å². The third kappa shape index (κ3) is 5.95. The zero-order valence-corrected chi connectivity index (χ0v) is 20.5. The molecule has 1 amide bonds. The summed E-state index contributed by atoms with van der Waals surface area (Å²) in [6.45, 7) is 8.83. The number of morpholine rings is 1. The largest absolute Gasteiger partial charge is 0.494 e. The number of nitrogens with zero attached hydrogens (tertiary/aromatic N) is 3. The van der Waals surface area contributed by atoms with Crippen LogP contribution in [0, 0.1) is 6.92 Å². The standard InChI is InChI=1S/C24H28ClN3O4S/c1-3-31-18-4-6-19(7-5-18)32-16-22(29)28(11-10-27-12-14-30-15-13-27)24-26-23-17(2)20(25)8-9-21(23)33-24/h4-9H,3,10-16H2,1-2H3. The molecule has 1 aliphatic rings. The molecule has 9 heteroatoms. The lowest BCUT2D eigenvalue weighted by atomic mass is 10.2. The first-order valence-electron chi connectivity index (χ1n) is 11.1. The second-order valence-corrected chi connectivity index (χ2v) is 9.12. The molecule has 33 heavy (non-hydrogen) atoms. The minimum atomic E-state index is -0.139.